The number of nitrogens with zero attached hydrogens (tertiary/aromatic N) is 3. The Morgan fingerprint density at radius 3 is 3.20 bits per heavy atom. The van der Waals surface area contributed by atoms with Gasteiger partial charge >= 0.3 is 0 Å². The SMILES string of the molecule is Nc1nc2c(ncn2C2C=CC(OCCO)C2)c(=O)[nH]1. The first kappa shape index (κ1) is 12.8. The minimum atomic E-state index is -0.346. The summed E-state index contributed by atoms with van der Waals surface area (Å²) in [6, 6.07) is 0.0115. The topological polar surface area (TPSA) is 119 Å². The quantitative estimate of drug-likeness (QED) is 0.653. The molecular formula is C12H15N5O3. The molecule has 4 N–H and O–H groups in total. The van der Waals surface area contributed by atoms with Crippen molar-refractivity contribution in [2.24, 2.45) is 0 Å². The van der Waals surface area contributed by atoms with Gasteiger partial charge in [0.05, 0.1) is 31.7 Å². The molecule has 0 aliphatic heterocycles. The molecular weight excluding hydrogens is 262 g/mol. The summed E-state index contributed by atoms with van der Waals surface area (Å²) in [4.78, 5) is 22.3. The zero-order valence-electron chi connectivity index (χ0n) is 10.7. The lowest BCUT2D eigenvalue weighted by atomic mass is 10.2. The number of nitrogens with one attached hydrogen (secondary N) is 1. The van der Waals surface area contributed by atoms with Crippen LogP contribution in [-0.2, 0) is 4.74 Å². The fourth-order valence-corrected chi connectivity index (χ4v) is 2.37. The van der Waals surface area contributed by atoms with E-state index in [4.69, 9.17) is 15.6 Å². The van der Waals surface area contributed by atoms with Crippen LogP contribution in [-0.4, -0.2) is 43.9 Å². The maximum atomic E-state index is 11.7. The average molecular weight is 277 g/mol. The second-order valence-corrected chi connectivity index (χ2v) is 4.60. The number of hydrogen-bond donors (Lipinski definition) is 3. The summed E-state index contributed by atoms with van der Waals surface area (Å²) in [6.07, 6.45) is 6.14. The second-order valence-electron chi connectivity index (χ2n) is 4.60. The number of ether oxygens (including phenoxy) is 1. The second kappa shape index (κ2) is 5.06. The molecule has 0 amide bonds. The predicted octanol–water partition coefficient (Wildman–Crippen LogP) is -0.420. The van der Waals surface area contributed by atoms with Crippen LogP contribution in [0.5, 0.6) is 0 Å². The Morgan fingerprint density at radius 1 is 1.55 bits per heavy atom. The minimum absolute atomic E-state index is 0.00349. The molecule has 0 saturated carbocycles. The van der Waals surface area contributed by atoms with Gasteiger partial charge < -0.3 is 20.1 Å². The van der Waals surface area contributed by atoms with Crippen molar-refractivity contribution in [1.29, 1.82) is 0 Å². The highest BCUT2D eigenvalue weighted by atomic mass is 16.5. The number of H-pyrrole nitrogens is 1. The molecule has 0 bridgehead atoms. The number of aromatic nitrogens is 4. The highest BCUT2D eigenvalue weighted by Crippen LogP contribution is 2.27. The molecule has 106 valence electrons. The Morgan fingerprint density at radius 2 is 2.40 bits per heavy atom. The number of hydrogen-bond acceptors (Lipinski definition) is 6. The van der Waals surface area contributed by atoms with Gasteiger partial charge in [0, 0.05) is 6.42 Å². The Kier molecular flexibility index (Phi) is 3.25. The fraction of sp³-hybridized carbons (Fsp3) is 0.417. The molecule has 2 heterocycles. The molecule has 0 fully saturated rings. The van der Waals surface area contributed by atoms with Gasteiger partial charge in [0.2, 0.25) is 5.95 Å². The van der Waals surface area contributed by atoms with Crippen molar-refractivity contribution >= 4 is 17.1 Å². The van der Waals surface area contributed by atoms with Crippen LogP contribution >= 0.6 is 0 Å². The highest BCUT2D eigenvalue weighted by Gasteiger charge is 2.23. The first-order valence-corrected chi connectivity index (χ1v) is 6.32. The van der Waals surface area contributed by atoms with Gasteiger partial charge in [-0.2, -0.15) is 4.98 Å². The van der Waals surface area contributed by atoms with Gasteiger partial charge in [0.25, 0.3) is 5.56 Å². The van der Waals surface area contributed by atoms with Crippen molar-refractivity contribution in [3.8, 4) is 0 Å². The first-order valence-electron chi connectivity index (χ1n) is 6.32. The zero-order chi connectivity index (χ0) is 14.1. The standard InChI is InChI=1S/C12H15N5O3/c13-12-15-10-9(11(19)16-12)14-6-17(10)7-1-2-8(5-7)20-4-3-18/h1-2,6-8,18H,3-5H2,(H3,13,15,16,19). The normalized spacial score (nSPS) is 21.9. The van der Waals surface area contributed by atoms with E-state index in [2.05, 4.69) is 15.0 Å². The van der Waals surface area contributed by atoms with E-state index in [1.54, 1.807) is 10.9 Å². The van der Waals surface area contributed by atoms with Crippen LogP contribution in [0.4, 0.5) is 5.95 Å². The molecule has 3 rings (SSSR count). The summed E-state index contributed by atoms with van der Waals surface area (Å²) in [7, 11) is 0. The van der Waals surface area contributed by atoms with Crippen LogP contribution in [0.25, 0.3) is 11.2 Å². The number of allylic oxidation sites excluding steroid dienone is 1. The lowest BCUT2D eigenvalue weighted by Crippen LogP contribution is -2.15. The fourth-order valence-electron chi connectivity index (χ4n) is 2.37. The van der Waals surface area contributed by atoms with Crippen molar-refractivity contribution in [2.75, 3.05) is 18.9 Å². The van der Waals surface area contributed by atoms with E-state index in [9.17, 15) is 4.79 Å². The minimum Gasteiger partial charge on any atom is -0.394 e. The third-order valence-corrected chi connectivity index (χ3v) is 3.25. The smallest absolute Gasteiger partial charge is 0.280 e. The molecule has 2 aromatic rings. The zero-order valence-corrected chi connectivity index (χ0v) is 10.7. The summed E-state index contributed by atoms with van der Waals surface area (Å²) in [5.74, 6) is 0.0688. The van der Waals surface area contributed by atoms with E-state index in [1.165, 1.54) is 0 Å². The van der Waals surface area contributed by atoms with Crippen LogP contribution in [0, 0.1) is 0 Å². The van der Waals surface area contributed by atoms with Crippen LogP contribution < -0.4 is 11.3 Å². The number of aromatic amines is 1. The number of aliphatic hydroxyl groups excluding tert-OH is 1. The number of nitrogens with two attached hydrogens (primary N) is 1. The molecule has 2 aromatic heterocycles. The van der Waals surface area contributed by atoms with Gasteiger partial charge in [0.1, 0.15) is 0 Å². The van der Waals surface area contributed by atoms with Gasteiger partial charge in [-0.25, -0.2) is 4.98 Å². The van der Waals surface area contributed by atoms with E-state index in [0.29, 0.717) is 18.7 Å². The number of anilines is 1. The van der Waals surface area contributed by atoms with E-state index >= 15 is 0 Å². The van der Waals surface area contributed by atoms with E-state index in [-0.39, 0.29) is 35.8 Å². The number of fused-ring (bicyclic) bond motifs is 1. The molecule has 20 heavy (non-hydrogen) atoms. The summed E-state index contributed by atoms with van der Waals surface area (Å²) in [5, 5.41) is 8.75. The lowest BCUT2D eigenvalue weighted by molar-refractivity contribution is 0.0510. The molecule has 0 spiro atoms. The van der Waals surface area contributed by atoms with Crippen molar-refractivity contribution in [1.82, 2.24) is 19.5 Å². The number of aliphatic hydroxyl groups is 1. The largest absolute Gasteiger partial charge is 0.394 e. The van der Waals surface area contributed by atoms with Gasteiger partial charge in [-0.15, -0.1) is 0 Å². The number of nitrogen functional groups attached to an aromatic ring is 1. The monoisotopic (exact) mass is 277 g/mol. The molecule has 0 radical (unpaired) electrons. The maximum absolute atomic E-state index is 11.7. The van der Waals surface area contributed by atoms with Gasteiger partial charge in [-0.1, -0.05) is 12.2 Å². The molecule has 0 aromatic carbocycles. The summed E-state index contributed by atoms with van der Waals surface area (Å²) < 4.78 is 7.26. The third-order valence-electron chi connectivity index (χ3n) is 3.25. The van der Waals surface area contributed by atoms with Gasteiger partial charge in [-0.3, -0.25) is 9.78 Å². The molecule has 1 aliphatic carbocycles. The van der Waals surface area contributed by atoms with Crippen molar-refractivity contribution in [3.63, 3.8) is 0 Å². The number of imidazole rings is 1. The van der Waals surface area contributed by atoms with Crippen molar-refractivity contribution < 1.29 is 9.84 Å². The predicted molar refractivity (Wildman–Crippen MR) is 72.2 cm³/mol. The Bertz CT molecular complexity index is 705. The van der Waals surface area contributed by atoms with Crippen LogP contribution in [0.2, 0.25) is 0 Å². The maximum Gasteiger partial charge on any atom is 0.280 e. The Labute approximate surface area is 113 Å². The Balaban J connectivity index is 1.89. The van der Waals surface area contributed by atoms with E-state index in [1.807, 2.05) is 12.2 Å². The van der Waals surface area contributed by atoms with Crippen LogP contribution in [0.15, 0.2) is 23.3 Å². The van der Waals surface area contributed by atoms with Crippen molar-refractivity contribution in [2.45, 2.75) is 18.6 Å². The summed E-state index contributed by atoms with van der Waals surface area (Å²) in [6.45, 7) is 0.299. The van der Waals surface area contributed by atoms with Gasteiger partial charge in [-0.05, 0) is 0 Å². The molecule has 8 heteroatoms. The number of rotatable bonds is 4. The summed E-state index contributed by atoms with van der Waals surface area (Å²) >= 11 is 0. The molecule has 0 saturated heterocycles. The molecule has 2 unspecified atom stereocenters. The molecule has 8 nitrogen and oxygen atoms in total. The Hall–Kier alpha value is -2.19. The van der Waals surface area contributed by atoms with Crippen LogP contribution in [0.3, 0.4) is 0 Å². The first-order chi connectivity index (χ1) is 9.69. The lowest BCUT2D eigenvalue weighted by Gasteiger charge is -2.14. The molecule has 2 atom stereocenters. The highest BCUT2D eigenvalue weighted by molar-refractivity contribution is 5.70. The third kappa shape index (κ3) is 2.19. The van der Waals surface area contributed by atoms with E-state index in [0.717, 1.165) is 0 Å². The van der Waals surface area contributed by atoms with Gasteiger partial charge in [0.15, 0.2) is 11.2 Å². The van der Waals surface area contributed by atoms with E-state index < -0.39 is 0 Å². The average Bonchev–Trinajstić information content (AvgIpc) is 3.02. The van der Waals surface area contributed by atoms with Crippen molar-refractivity contribution in [3.05, 3.63) is 28.8 Å². The molecule has 1 aliphatic rings. The van der Waals surface area contributed by atoms with Crippen LogP contribution in [0.1, 0.15) is 12.5 Å². The summed E-state index contributed by atoms with van der Waals surface area (Å²) in [5.41, 5.74) is 5.95.